The maximum absolute atomic E-state index is 12.1. The molecule has 1 heterocycles. The minimum Gasteiger partial charge on any atom is -0.506 e. The van der Waals surface area contributed by atoms with Crippen molar-refractivity contribution in [3.8, 4) is 5.75 Å². The first-order valence-corrected chi connectivity index (χ1v) is 6.29. The fraction of sp³-hybridized carbons (Fsp3) is 0.133. The minimum atomic E-state index is -0.407. The van der Waals surface area contributed by atoms with Crippen LogP contribution in [0.1, 0.15) is 26.3 Å². The van der Waals surface area contributed by atoms with Gasteiger partial charge in [-0.2, -0.15) is 0 Å². The van der Waals surface area contributed by atoms with Crippen molar-refractivity contribution in [2.75, 3.05) is 12.4 Å². The van der Waals surface area contributed by atoms with Gasteiger partial charge in [0.2, 0.25) is 0 Å². The van der Waals surface area contributed by atoms with Crippen molar-refractivity contribution < 1.29 is 14.7 Å². The van der Waals surface area contributed by atoms with Crippen LogP contribution in [0.3, 0.4) is 0 Å². The largest absolute Gasteiger partial charge is 0.506 e. The lowest BCUT2D eigenvalue weighted by molar-refractivity contribution is 0.0961. The zero-order valence-corrected chi connectivity index (χ0v) is 11.7. The van der Waals surface area contributed by atoms with Crippen LogP contribution in [0.5, 0.6) is 5.75 Å². The van der Waals surface area contributed by atoms with Gasteiger partial charge in [0.05, 0.1) is 11.8 Å². The van der Waals surface area contributed by atoms with Crippen molar-refractivity contribution >= 4 is 17.5 Å². The van der Waals surface area contributed by atoms with Gasteiger partial charge >= 0.3 is 0 Å². The lowest BCUT2D eigenvalue weighted by atomic mass is 10.1. The smallest absolute Gasteiger partial charge is 0.257 e. The molecular weight excluding hydrogens is 270 g/mol. The van der Waals surface area contributed by atoms with Crippen LogP contribution in [0.4, 0.5) is 5.69 Å². The molecule has 6 nitrogen and oxygen atoms in total. The summed E-state index contributed by atoms with van der Waals surface area (Å²) in [5.74, 6) is -0.724. The molecule has 0 radical (unpaired) electrons. The summed E-state index contributed by atoms with van der Waals surface area (Å²) in [7, 11) is 1.54. The molecular formula is C15H15N3O3. The molecule has 0 atom stereocenters. The molecule has 3 N–H and O–H groups in total. The molecule has 0 unspecified atom stereocenters. The van der Waals surface area contributed by atoms with Gasteiger partial charge in [0.1, 0.15) is 5.75 Å². The Hall–Kier alpha value is -2.89. The molecule has 1 aromatic heterocycles. The second kappa shape index (κ2) is 6.04. The summed E-state index contributed by atoms with van der Waals surface area (Å²) < 4.78 is 0. The minimum absolute atomic E-state index is 0.0847. The van der Waals surface area contributed by atoms with Crippen LogP contribution >= 0.6 is 0 Å². The molecule has 2 amide bonds. The number of nitrogens with zero attached hydrogens (tertiary/aromatic N) is 1. The van der Waals surface area contributed by atoms with Crippen molar-refractivity contribution in [3.63, 3.8) is 0 Å². The molecule has 0 saturated heterocycles. The predicted octanol–water partition coefficient (Wildman–Crippen LogP) is 1.71. The standard InChI is InChI=1S/C15H15N3O3/c1-9-3-4-10(14(20)16-2)6-13(9)18-15(21)11-5-12(19)8-17-7-11/h3-8,19H,1-2H3,(H,16,20)(H,18,21). The van der Waals surface area contributed by atoms with E-state index in [9.17, 15) is 14.7 Å². The van der Waals surface area contributed by atoms with Gasteiger partial charge in [-0.25, -0.2) is 0 Å². The third kappa shape index (κ3) is 3.36. The number of amides is 2. The molecule has 21 heavy (non-hydrogen) atoms. The van der Waals surface area contributed by atoms with Crippen molar-refractivity contribution in [1.82, 2.24) is 10.3 Å². The number of hydrogen-bond donors (Lipinski definition) is 3. The summed E-state index contributed by atoms with van der Waals surface area (Å²) in [6, 6.07) is 6.35. The molecule has 2 aromatic rings. The van der Waals surface area contributed by atoms with E-state index >= 15 is 0 Å². The zero-order valence-electron chi connectivity index (χ0n) is 11.7. The number of aromatic hydroxyl groups is 1. The maximum atomic E-state index is 12.1. The Kier molecular flexibility index (Phi) is 4.18. The van der Waals surface area contributed by atoms with E-state index in [0.717, 1.165) is 5.56 Å². The Morgan fingerprint density at radius 2 is 1.86 bits per heavy atom. The Balaban J connectivity index is 2.26. The average molecular weight is 285 g/mol. The number of aryl methyl sites for hydroxylation is 1. The van der Waals surface area contributed by atoms with Gasteiger partial charge in [-0.1, -0.05) is 6.07 Å². The number of aromatic nitrogens is 1. The van der Waals surface area contributed by atoms with Crippen LogP contribution in [0, 0.1) is 6.92 Å². The molecule has 6 heteroatoms. The van der Waals surface area contributed by atoms with Crippen LogP contribution in [-0.2, 0) is 0 Å². The second-order valence-corrected chi connectivity index (χ2v) is 4.49. The molecule has 0 aliphatic rings. The lowest BCUT2D eigenvalue weighted by Crippen LogP contribution is -2.19. The summed E-state index contributed by atoms with van der Waals surface area (Å²) in [5.41, 5.74) is 2.04. The number of pyridine rings is 1. The van der Waals surface area contributed by atoms with E-state index in [0.29, 0.717) is 11.3 Å². The van der Waals surface area contributed by atoms with E-state index in [1.54, 1.807) is 25.2 Å². The highest BCUT2D eigenvalue weighted by Gasteiger charge is 2.11. The number of anilines is 1. The van der Waals surface area contributed by atoms with E-state index in [1.165, 1.54) is 18.5 Å². The van der Waals surface area contributed by atoms with Gasteiger partial charge in [-0.05, 0) is 30.7 Å². The highest BCUT2D eigenvalue weighted by molar-refractivity contribution is 6.05. The highest BCUT2D eigenvalue weighted by Crippen LogP contribution is 2.18. The molecule has 0 aliphatic heterocycles. The fourth-order valence-electron chi connectivity index (χ4n) is 1.79. The first-order valence-electron chi connectivity index (χ1n) is 6.29. The summed E-state index contributed by atoms with van der Waals surface area (Å²) in [6.45, 7) is 1.82. The Morgan fingerprint density at radius 1 is 1.10 bits per heavy atom. The monoisotopic (exact) mass is 285 g/mol. The van der Waals surface area contributed by atoms with E-state index in [4.69, 9.17) is 0 Å². The molecule has 1 aromatic carbocycles. The summed E-state index contributed by atoms with van der Waals surface area (Å²) in [6.07, 6.45) is 2.60. The second-order valence-electron chi connectivity index (χ2n) is 4.49. The van der Waals surface area contributed by atoms with E-state index in [-0.39, 0.29) is 17.2 Å². The van der Waals surface area contributed by atoms with Gasteiger partial charge in [-0.3, -0.25) is 14.6 Å². The molecule has 0 bridgehead atoms. The Labute approximate surface area is 121 Å². The molecule has 0 fully saturated rings. The number of carbonyl (C=O) groups is 2. The van der Waals surface area contributed by atoms with Crippen LogP contribution in [0.2, 0.25) is 0 Å². The quantitative estimate of drug-likeness (QED) is 0.800. The van der Waals surface area contributed by atoms with Crippen molar-refractivity contribution in [1.29, 1.82) is 0 Å². The maximum Gasteiger partial charge on any atom is 0.257 e. The first kappa shape index (κ1) is 14.5. The lowest BCUT2D eigenvalue weighted by Gasteiger charge is -2.10. The van der Waals surface area contributed by atoms with Gasteiger partial charge in [0, 0.05) is 24.5 Å². The average Bonchev–Trinajstić information content (AvgIpc) is 2.48. The summed E-state index contributed by atoms with van der Waals surface area (Å²) >= 11 is 0. The van der Waals surface area contributed by atoms with Gasteiger partial charge in [0.25, 0.3) is 11.8 Å². The summed E-state index contributed by atoms with van der Waals surface area (Å²) in [5, 5.41) is 14.6. The van der Waals surface area contributed by atoms with Crippen molar-refractivity contribution in [3.05, 3.63) is 53.3 Å². The number of rotatable bonds is 3. The van der Waals surface area contributed by atoms with E-state index in [1.807, 2.05) is 6.92 Å². The highest BCUT2D eigenvalue weighted by atomic mass is 16.3. The molecule has 108 valence electrons. The van der Waals surface area contributed by atoms with Crippen LogP contribution < -0.4 is 10.6 Å². The van der Waals surface area contributed by atoms with Crippen LogP contribution in [0.25, 0.3) is 0 Å². The topological polar surface area (TPSA) is 91.3 Å². The number of hydrogen-bond acceptors (Lipinski definition) is 4. The normalized spacial score (nSPS) is 10.0. The van der Waals surface area contributed by atoms with Gasteiger partial charge < -0.3 is 15.7 Å². The van der Waals surface area contributed by atoms with Crippen LogP contribution in [0.15, 0.2) is 36.7 Å². The predicted molar refractivity (Wildman–Crippen MR) is 78.4 cm³/mol. The molecule has 2 rings (SSSR count). The fourth-order valence-corrected chi connectivity index (χ4v) is 1.79. The van der Waals surface area contributed by atoms with Crippen molar-refractivity contribution in [2.24, 2.45) is 0 Å². The zero-order chi connectivity index (χ0) is 15.4. The van der Waals surface area contributed by atoms with Gasteiger partial charge in [-0.15, -0.1) is 0 Å². The molecule has 0 spiro atoms. The number of nitrogens with one attached hydrogen (secondary N) is 2. The Morgan fingerprint density at radius 3 is 2.52 bits per heavy atom. The number of benzene rings is 1. The third-order valence-electron chi connectivity index (χ3n) is 2.96. The molecule has 0 aliphatic carbocycles. The van der Waals surface area contributed by atoms with Gasteiger partial charge in [0.15, 0.2) is 0 Å². The van der Waals surface area contributed by atoms with E-state index in [2.05, 4.69) is 15.6 Å². The SMILES string of the molecule is CNC(=O)c1ccc(C)c(NC(=O)c2cncc(O)c2)c1. The molecule has 0 saturated carbocycles. The van der Waals surface area contributed by atoms with E-state index < -0.39 is 5.91 Å². The van der Waals surface area contributed by atoms with Crippen molar-refractivity contribution in [2.45, 2.75) is 6.92 Å². The Bertz CT molecular complexity index is 698. The summed E-state index contributed by atoms with van der Waals surface area (Å²) in [4.78, 5) is 27.5. The first-order chi connectivity index (χ1) is 10.0. The number of carbonyl (C=O) groups excluding carboxylic acids is 2. The van der Waals surface area contributed by atoms with Crippen LogP contribution in [-0.4, -0.2) is 29.0 Å². The third-order valence-corrected chi connectivity index (χ3v) is 2.96.